The van der Waals surface area contributed by atoms with Crippen molar-refractivity contribution in [2.75, 3.05) is 26.0 Å². The lowest BCUT2D eigenvalue weighted by Gasteiger charge is -2.30. The van der Waals surface area contributed by atoms with Gasteiger partial charge in [0.1, 0.15) is 5.60 Å². The molecule has 0 aliphatic rings. The lowest BCUT2D eigenvalue weighted by molar-refractivity contribution is 0.0219. The number of nitrogens with zero attached hydrogens (tertiary/aromatic N) is 2. The standard InChI is InChI=1S/C27H42N2O5S/c1-8-9-17-29(26(30)34-27(4,5)6)18-21(14-13-20(2)3)19-35(31,32)24-12-10-11-23-22(24)15-16-28-25(23)33-7/h10-12,15-16,20-21H,8-9,13-14,17-19H2,1-7H3. The molecule has 1 unspecified atom stereocenters. The third kappa shape index (κ3) is 8.67. The molecule has 0 saturated carbocycles. The van der Waals surface area contributed by atoms with Crippen LogP contribution >= 0.6 is 0 Å². The molecule has 0 radical (unpaired) electrons. The Kier molecular flexibility index (Phi) is 10.4. The number of sulfone groups is 1. The van der Waals surface area contributed by atoms with Crippen LogP contribution in [-0.4, -0.2) is 55.9 Å². The molecule has 2 aromatic rings. The van der Waals surface area contributed by atoms with E-state index in [0.717, 1.165) is 19.3 Å². The number of carbonyl (C=O) groups is 1. The summed E-state index contributed by atoms with van der Waals surface area (Å²) in [4.78, 5) is 19.1. The first kappa shape index (κ1) is 28.9. The van der Waals surface area contributed by atoms with Gasteiger partial charge in [-0.05, 0) is 63.6 Å². The maximum Gasteiger partial charge on any atom is 0.410 e. The zero-order valence-corrected chi connectivity index (χ0v) is 23.2. The molecule has 2 rings (SSSR count). The van der Waals surface area contributed by atoms with Gasteiger partial charge in [0.15, 0.2) is 9.84 Å². The molecule has 1 amide bonds. The van der Waals surface area contributed by atoms with E-state index in [4.69, 9.17) is 9.47 Å². The monoisotopic (exact) mass is 506 g/mol. The molecule has 0 N–H and O–H groups in total. The normalized spacial score (nSPS) is 13.1. The van der Waals surface area contributed by atoms with Crippen molar-refractivity contribution in [3.63, 3.8) is 0 Å². The highest BCUT2D eigenvalue weighted by Crippen LogP contribution is 2.30. The minimum Gasteiger partial charge on any atom is -0.481 e. The van der Waals surface area contributed by atoms with Crippen LogP contribution in [0.5, 0.6) is 5.88 Å². The molecule has 1 heterocycles. The minimum atomic E-state index is -3.65. The fraction of sp³-hybridized carbons (Fsp3) is 0.630. The van der Waals surface area contributed by atoms with Gasteiger partial charge in [-0.3, -0.25) is 0 Å². The Morgan fingerprint density at radius 3 is 2.43 bits per heavy atom. The SMILES string of the molecule is CCCCN(CC(CCC(C)C)CS(=O)(=O)c1cccc2c(OC)nccc12)C(=O)OC(C)(C)C. The lowest BCUT2D eigenvalue weighted by Crippen LogP contribution is -2.41. The summed E-state index contributed by atoms with van der Waals surface area (Å²) in [5, 5.41) is 1.25. The Morgan fingerprint density at radius 2 is 1.83 bits per heavy atom. The third-order valence-electron chi connectivity index (χ3n) is 5.78. The molecule has 0 aliphatic carbocycles. The van der Waals surface area contributed by atoms with Gasteiger partial charge in [0.25, 0.3) is 0 Å². The highest BCUT2D eigenvalue weighted by Gasteiger charge is 2.29. The molecule has 7 nitrogen and oxygen atoms in total. The van der Waals surface area contributed by atoms with Crippen LogP contribution in [0.1, 0.15) is 67.2 Å². The molecule has 35 heavy (non-hydrogen) atoms. The first-order valence-corrected chi connectivity index (χ1v) is 14.2. The highest BCUT2D eigenvalue weighted by molar-refractivity contribution is 7.91. The van der Waals surface area contributed by atoms with Crippen LogP contribution in [0, 0.1) is 11.8 Å². The Morgan fingerprint density at radius 1 is 1.11 bits per heavy atom. The van der Waals surface area contributed by atoms with Crippen molar-refractivity contribution in [2.24, 2.45) is 11.8 Å². The van der Waals surface area contributed by atoms with Crippen LogP contribution < -0.4 is 4.74 Å². The van der Waals surface area contributed by atoms with Crippen molar-refractivity contribution >= 4 is 26.7 Å². The van der Waals surface area contributed by atoms with Crippen molar-refractivity contribution in [1.82, 2.24) is 9.88 Å². The summed E-state index contributed by atoms with van der Waals surface area (Å²) in [6.45, 7) is 12.7. The Labute approximate surface area is 211 Å². The maximum absolute atomic E-state index is 13.7. The number of pyridine rings is 1. The van der Waals surface area contributed by atoms with E-state index in [0.29, 0.717) is 42.1 Å². The van der Waals surface area contributed by atoms with Crippen molar-refractivity contribution in [3.05, 3.63) is 30.5 Å². The Balaban J connectivity index is 2.38. The molecule has 0 aliphatic heterocycles. The zero-order chi connectivity index (χ0) is 26.2. The molecule has 0 saturated heterocycles. The van der Waals surface area contributed by atoms with E-state index in [-0.39, 0.29) is 22.7 Å². The van der Waals surface area contributed by atoms with Gasteiger partial charge in [0.05, 0.1) is 17.8 Å². The predicted octanol–water partition coefficient (Wildman–Crippen LogP) is 6.11. The van der Waals surface area contributed by atoms with Crippen molar-refractivity contribution in [3.8, 4) is 5.88 Å². The average molecular weight is 507 g/mol. The van der Waals surface area contributed by atoms with Gasteiger partial charge in [-0.2, -0.15) is 0 Å². The second-order valence-corrected chi connectivity index (χ2v) is 12.6. The molecule has 0 bridgehead atoms. The number of hydrogen-bond acceptors (Lipinski definition) is 6. The van der Waals surface area contributed by atoms with Gasteiger partial charge >= 0.3 is 6.09 Å². The quantitative estimate of drug-likeness (QED) is 0.345. The zero-order valence-electron chi connectivity index (χ0n) is 22.3. The van der Waals surface area contributed by atoms with Crippen LogP contribution in [0.15, 0.2) is 35.4 Å². The van der Waals surface area contributed by atoms with E-state index in [1.165, 1.54) is 7.11 Å². The van der Waals surface area contributed by atoms with E-state index in [2.05, 4.69) is 25.8 Å². The van der Waals surface area contributed by atoms with Crippen LogP contribution in [-0.2, 0) is 14.6 Å². The second kappa shape index (κ2) is 12.6. The van der Waals surface area contributed by atoms with E-state index < -0.39 is 15.4 Å². The number of fused-ring (bicyclic) bond motifs is 1. The first-order chi connectivity index (χ1) is 16.4. The van der Waals surface area contributed by atoms with Gasteiger partial charge in [-0.25, -0.2) is 18.2 Å². The molecule has 0 fully saturated rings. The number of rotatable bonds is 12. The predicted molar refractivity (Wildman–Crippen MR) is 141 cm³/mol. The van der Waals surface area contributed by atoms with Crippen LogP contribution in [0.25, 0.3) is 10.8 Å². The van der Waals surface area contributed by atoms with Crippen LogP contribution in [0.4, 0.5) is 4.79 Å². The molecular weight excluding hydrogens is 464 g/mol. The van der Waals surface area contributed by atoms with E-state index in [9.17, 15) is 13.2 Å². The number of methoxy groups -OCH3 is 1. The van der Waals surface area contributed by atoms with E-state index >= 15 is 0 Å². The number of carbonyl (C=O) groups excluding carboxylic acids is 1. The molecule has 1 aromatic heterocycles. The summed E-state index contributed by atoms with van der Waals surface area (Å²) in [6, 6.07) is 6.88. The van der Waals surface area contributed by atoms with E-state index in [1.807, 2.05) is 26.8 Å². The van der Waals surface area contributed by atoms with Gasteiger partial charge in [-0.1, -0.05) is 39.7 Å². The summed E-state index contributed by atoms with van der Waals surface area (Å²) in [5.74, 6) is 0.561. The summed E-state index contributed by atoms with van der Waals surface area (Å²) in [5.41, 5.74) is -0.614. The molecule has 1 atom stereocenters. The molecular formula is C27H42N2O5S. The van der Waals surface area contributed by atoms with Gasteiger partial charge in [-0.15, -0.1) is 0 Å². The number of ether oxygens (including phenoxy) is 2. The van der Waals surface area contributed by atoms with Crippen molar-refractivity contribution in [2.45, 2.75) is 77.7 Å². The molecule has 196 valence electrons. The van der Waals surface area contributed by atoms with Crippen molar-refractivity contribution < 1.29 is 22.7 Å². The van der Waals surface area contributed by atoms with Gasteiger partial charge in [0, 0.05) is 30.1 Å². The summed E-state index contributed by atoms with van der Waals surface area (Å²) < 4.78 is 38.4. The highest BCUT2D eigenvalue weighted by atomic mass is 32.2. The number of benzene rings is 1. The summed E-state index contributed by atoms with van der Waals surface area (Å²) in [7, 11) is -2.13. The summed E-state index contributed by atoms with van der Waals surface area (Å²) in [6.07, 6.45) is 4.52. The van der Waals surface area contributed by atoms with Gasteiger partial charge in [0.2, 0.25) is 5.88 Å². The Hall–Kier alpha value is -2.35. The first-order valence-electron chi connectivity index (χ1n) is 12.5. The molecule has 1 aromatic carbocycles. The topological polar surface area (TPSA) is 85.8 Å². The van der Waals surface area contributed by atoms with Gasteiger partial charge < -0.3 is 14.4 Å². The minimum absolute atomic E-state index is 0.0467. The molecule has 0 spiro atoms. The fourth-order valence-corrected chi connectivity index (χ4v) is 5.90. The maximum atomic E-state index is 13.7. The fourth-order valence-electron chi connectivity index (χ4n) is 4.03. The smallest absolute Gasteiger partial charge is 0.410 e. The molecule has 8 heteroatoms. The van der Waals surface area contributed by atoms with Crippen LogP contribution in [0.3, 0.4) is 0 Å². The number of aromatic nitrogens is 1. The lowest BCUT2D eigenvalue weighted by atomic mass is 9.98. The third-order valence-corrected chi connectivity index (χ3v) is 7.71. The van der Waals surface area contributed by atoms with Crippen LogP contribution in [0.2, 0.25) is 0 Å². The number of unbranched alkanes of at least 4 members (excludes halogenated alkanes) is 1. The van der Waals surface area contributed by atoms with E-state index in [1.54, 1.807) is 29.3 Å². The van der Waals surface area contributed by atoms with Crippen molar-refractivity contribution in [1.29, 1.82) is 0 Å². The Bertz CT molecular complexity index is 1080. The summed E-state index contributed by atoms with van der Waals surface area (Å²) >= 11 is 0. The second-order valence-electron chi connectivity index (χ2n) is 10.6. The number of hydrogen-bond donors (Lipinski definition) is 0. The largest absolute Gasteiger partial charge is 0.481 e. The average Bonchev–Trinajstić information content (AvgIpc) is 2.77. The number of amides is 1.